The molecule has 2 N–H and O–H groups in total. The second-order valence-corrected chi connectivity index (χ2v) is 12.4. The number of aliphatic hydroxyl groups excluding tert-OH is 2. The fraction of sp³-hybridized carbons (Fsp3) is 0.560. The van der Waals surface area contributed by atoms with Gasteiger partial charge in [-0.2, -0.15) is 0 Å². The Morgan fingerprint density at radius 3 is 2.64 bits per heavy atom. The van der Waals surface area contributed by atoms with Gasteiger partial charge in [0.2, 0.25) is 0 Å². The van der Waals surface area contributed by atoms with Crippen molar-refractivity contribution in [2.24, 2.45) is 5.41 Å². The van der Waals surface area contributed by atoms with Gasteiger partial charge in [0.05, 0.1) is 29.8 Å². The summed E-state index contributed by atoms with van der Waals surface area (Å²) in [5.74, 6) is 0.125. The summed E-state index contributed by atoms with van der Waals surface area (Å²) >= 11 is 0. The molecule has 10 nitrogen and oxygen atoms in total. The molecule has 5 rings (SSSR count). The monoisotopic (exact) mass is 516 g/mol. The van der Waals surface area contributed by atoms with Crippen LogP contribution in [0.2, 0.25) is 0 Å². The lowest BCUT2D eigenvalue weighted by Gasteiger charge is -2.39. The number of piperidine rings is 1. The number of cyclic esters (lactones) is 1. The Balaban J connectivity index is 1.20. The van der Waals surface area contributed by atoms with Crippen molar-refractivity contribution in [1.29, 1.82) is 0 Å². The number of carbonyl (C=O) groups is 1. The number of benzene rings is 1. The minimum Gasteiger partial charge on any atom is -0.457 e. The van der Waals surface area contributed by atoms with Gasteiger partial charge < -0.3 is 24.7 Å². The third-order valence-corrected chi connectivity index (χ3v) is 9.61. The van der Waals surface area contributed by atoms with Gasteiger partial charge in [-0.25, -0.2) is 23.2 Å². The first kappa shape index (κ1) is 25.1. The number of anilines is 1. The molecule has 2 atom stereocenters. The molecule has 1 spiro atoms. The van der Waals surface area contributed by atoms with Crippen LogP contribution in [0.3, 0.4) is 0 Å². The van der Waals surface area contributed by atoms with E-state index in [0.717, 1.165) is 42.6 Å². The number of ether oxygens (including phenoxy) is 1. The van der Waals surface area contributed by atoms with Crippen LogP contribution in [-0.2, 0) is 21.2 Å². The van der Waals surface area contributed by atoms with E-state index in [1.54, 1.807) is 17.9 Å². The van der Waals surface area contributed by atoms with Crippen LogP contribution in [0.4, 0.5) is 5.82 Å². The van der Waals surface area contributed by atoms with Crippen LogP contribution in [0.15, 0.2) is 29.6 Å². The highest BCUT2D eigenvalue weighted by Crippen LogP contribution is 2.44. The summed E-state index contributed by atoms with van der Waals surface area (Å²) < 4.78 is 29.2. The van der Waals surface area contributed by atoms with Gasteiger partial charge in [-0.05, 0) is 61.9 Å². The number of likely N-dealkylation sites (tertiary alicyclic amines) is 1. The lowest BCUT2D eigenvalue weighted by Crippen LogP contribution is -2.43. The normalized spacial score (nSPS) is 22.6. The van der Waals surface area contributed by atoms with Crippen LogP contribution in [0.25, 0.3) is 0 Å². The Kier molecular flexibility index (Phi) is 6.52. The SMILES string of the molecule is CCS(=O)(=O)c1cnc(N2CC3(CCN(CC(O)c4ccc5c(c4C)COC5=O)CC3)CC2O)cn1. The first-order valence-corrected chi connectivity index (χ1v) is 14.0. The number of fused-ring (bicyclic) bond motifs is 1. The van der Waals surface area contributed by atoms with Crippen LogP contribution >= 0.6 is 0 Å². The van der Waals surface area contributed by atoms with Gasteiger partial charge in [-0.1, -0.05) is 13.0 Å². The summed E-state index contributed by atoms with van der Waals surface area (Å²) in [6.07, 6.45) is 3.66. The van der Waals surface area contributed by atoms with Gasteiger partial charge in [0.1, 0.15) is 18.7 Å². The molecule has 0 amide bonds. The molecule has 36 heavy (non-hydrogen) atoms. The lowest BCUT2D eigenvalue weighted by molar-refractivity contribution is 0.0534. The third-order valence-electron chi connectivity index (χ3n) is 8.00. The van der Waals surface area contributed by atoms with Crippen molar-refractivity contribution in [2.45, 2.75) is 57.1 Å². The number of nitrogens with zero attached hydrogens (tertiary/aromatic N) is 4. The molecule has 3 aliphatic rings. The summed E-state index contributed by atoms with van der Waals surface area (Å²) in [4.78, 5) is 24.2. The van der Waals surface area contributed by atoms with Gasteiger partial charge in [-0.15, -0.1) is 0 Å². The fourth-order valence-electron chi connectivity index (χ4n) is 5.67. The van der Waals surface area contributed by atoms with E-state index in [0.29, 0.717) is 30.9 Å². The fourth-order valence-corrected chi connectivity index (χ4v) is 6.39. The van der Waals surface area contributed by atoms with Crippen LogP contribution < -0.4 is 4.90 Å². The van der Waals surface area contributed by atoms with E-state index in [2.05, 4.69) is 14.9 Å². The molecule has 0 saturated carbocycles. The highest BCUT2D eigenvalue weighted by molar-refractivity contribution is 7.91. The van der Waals surface area contributed by atoms with E-state index in [9.17, 15) is 23.4 Å². The van der Waals surface area contributed by atoms with Crippen molar-refractivity contribution in [3.05, 3.63) is 46.8 Å². The first-order valence-electron chi connectivity index (χ1n) is 12.3. The van der Waals surface area contributed by atoms with Crippen molar-refractivity contribution < 1.29 is 28.2 Å². The first-order chi connectivity index (χ1) is 17.1. The summed E-state index contributed by atoms with van der Waals surface area (Å²) in [6, 6.07) is 3.56. The molecule has 0 aliphatic carbocycles. The predicted octanol–water partition coefficient (Wildman–Crippen LogP) is 1.59. The number of esters is 1. The second-order valence-electron chi connectivity index (χ2n) is 10.1. The Bertz CT molecular complexity index is 1260. The number of hydrogen-bond acceptors (Lipinski definition) is 10. The van der Waals surface area contributed by atoms with E-state index in [1.807, 2.05) is 13.0 Å². The molecule has 0 radical (unpaired) electrons. The van der Waals surface area contributed by atoms with Crippen molar-refractivity contribution in [1.82, 2.24) is 14.9 Å². The number of rotatable bonds is 6. The summed E-state index contributed by atoms with van der Waals surface area (Å²) in [6.45, 7) is 6.45. The van der Waals surface area contributed by atoms with Crippen LogP contribution in [0.1, 0.15) is 59.3 Å². The standard InChI is InChI=1S/C25H32N4O6S/c1-3-36(33,34)22-12-26-21(11-27-22)29-15-25(10-23(29)31)6-8-28(9-7-25)13-20(30)17-4-5-18-19(16(17)2)14-35-24(18)32/h4-5,11-12,20,23,30-31H,3,6-10,13-15H2,1-2H3. The maximum Gasteiger partial charge on any atom is 0.338 e. The molecular formula is C25H32N4O6S. The zero-order chi connectivity index (χ0) is 25.7. The van der Waals surface area contributed by atoms with E-state index in [4.69, 9.17) is 4.74 Å². The second kappa shape index (κ2) is 9.37. The van der Waals surface area contributed by atoms with Gasteiger partial charge in [0.25, 0.3) is 0 Å². The average molecular weight is 517 g/mol. The number of sulfone groups is 1. The van der Waals surface area contributed by atoms with E-state index in [1.165, 1.54) is 12.4 Å². The largest absolute Gasteiger partial charge is 0.457 e. The average Bonchev–Trinajstić information content (AvgIpc) is 3.41. The highest BCUT2D eigenvalue weighted by Gasteiger charge is 2.45. The number of β-amino-alcohol motifs (C(OH)–C–C–N with tert-alkyl or cyclic N) is 1. The topological polar surface area (TPSA) is 133 Å². The maximum absolute atomic E-state index is 12.0. The van der Waals surface area contributed by atoms with Crippen molar-refractivity contribution in [2.75, 3.05) is 36.8 Å². The Morgan fingerprint density at radius 1 is 1.22 bits per heavy atom. The highest BCUT2D eigenvalue weighted by atomic mass is 32.2. The van der Waals surface area contributed by atoms with Gasteiger partial charge in [0, 0.05) is 18.7 Å². The summed E-state index contributed by atoms with van der Waals surface area (Å²) in [7, 11) is -3.43. The summed E-state index contributed by atoms with van der Waals surface area (Å²) in [5.41, 5.74) is 3.10. The van der Waals surface area contributed by atoms with Crippen LogP contribution in [-0.4, -0.2) is 77.6 Å². The Hall–Kier alpha value is -2.60. The molecule has 2 fully saturated rings. The smallest absolute Gasteiger partial charge is 0.338 e. The minimum absolute atomic E-state index is 0.0399. The number of aliphatic hydroxyl groups is 2. The maximum atomic E-state index is 12.0. The van der Waals surface area contributed by atoms with Gasteiger partial charge in [-0.3, -0.25) is 0 Å². The molecule has 3 aliphatic heterocycles. The van der Waals surface area contributed by atoms with Gasteiger partial charge >= 0.3 is 5.97 Å². The molecule has 1 aromatic carbocycles. The summed E-state index contributed by atoms with van der Waals surface area (Å²) in [5, 5.41) is 21.7. The molecule has 11 heteroatoms. The molecule has 194 valence electrons. The molecule has 2 saturated heterocycles. The zero-order valence-corrected chi connectivity index (χ0v) is 21.4. The van der Waals surface area contributed by atoms with Crippen molar-refractivity contribution in [3.8, 4) is 0 Å². The van der Waals surface area contributed by atoms with Crippen molar-refractivity contribution >= 4 is 21.6 Å². The number of hydrogen-bond donors (Lipinski definition) is 2. The lowest BCUT2D eigenvalue weighted by atomic mass is 9.77. The predicted molar refractivity (Wildman–Crippen MR) is 131 cm³/mol. The van der Waals surface area contributed by atoms with Crippen molar-refractivity contribution in [3.63, 3.8) is 0 Å². The van der Waals surface area contributed by atoms with Gasteiger partial charge in [0.15, 0.2) is 14.9 Å². The molecule has 2 unspecified atom stereocenters. The van der Waals surface area contributed by atoms with E-state index >= 15 is 0 Å². The third kappa shape index (κ3) is 4.49. The van der Waals surface area contributed by atoms with E-state index < -0.39 is 22.2 Å². The zero-order valence-electron chi connectivity index (χ0n) is 20.6. The number of aromatic nitrogens is 2. The molecule has 2 aromatic rings. The van der Waals surface area contributed by atoms with E-state index in [-0.39, 0.29) is 28.8 Å². The molecular weight excluding hydrogens is 484 g/mol. The number of carbonyl (C=O) groups excluding carboxylic acids is 1. The molecule has 4 heterocycles. The quantitative estimate of drug-likeness (QED) is 0.545. The Labute approximate surface area is 210 Å². The minimum atomic E-state index is -3.43. The molecule has 1 aromatic heterocycles. The molecule has 0 bridgehead atoms. The van der Waals surface area contributed by atoms with Crippen LogP contribution in [0, 0.1) is 12.3 Å². The Morgan fingerprint density at radius 2 is 1.97 bits per heavy atom. The van der Waals surface area contributed by atoms with Crippen LogP contribution in [0.5, 0.6) is 0 Å².